The van der Waals surface area contributed by atoms with E-state index in [1.807, 2.05) is 20.8 Å². The highest BCUT2D eigenvalue weighted by Gasteiger charge is 1.87. The van der Waals surface area contributed by atoms with E-state index in [0.29, 0.717) is 6.42 Å². The first-order valence-corrected chi connectivity index (χ1v) is 4.18. The molecule has 80 valence electrons. The van der Waals surface area contributed by atoms with Gasteiger partial charge in [-0.25, -0.2) is 0 Å². The molecule has 0 saturated carbocycles. The van der Waals surface area contributed by atoms with Gasteiger partial charge in [-0.05, 0) is 6.42 Å². The van der Waals surface area contributed by atoms with Crippen molar-refractivity contribution in [3.05, 3.63) is 0 Å². The quantitative estimate of drug-likeness (QED) is 0.619. The molecule has 0 fully saturated rings. The molecular weight excluding hydrogens is 174 g/mol. The van der Waals surface area contributed by atoms with Crippen molar-refractivity contribution in [3.63, 3.8) is 0 Å². The van der Waals surface area contributed by atoms with Gasteiger partial charge in [-0.2, -0.15) is 0 Å². The fourth-order valence-corrected chi connectivity index (χ4v) is 0.214. The molecule has 0 atom stereocenters. The van der Waals surface area contributed by atoms with Crippen LogP contribution in [0.1, 0.15) is 33.6 Å². The zero-order valence-electron chi connectivity index (χ0n) is 8.41. The summed E-state index contributed by atoms with van der Waals surface area (Å²) in [5.74, 6) is -1.68. The molecule has 0 heterocycles. The Hall–Kier alpha value is -1.10. The maximum absolute atomic E-state index is 9.60. The number of rotatable bonds is 3. The lowest BCUT2D eigenvalue weighted by atomic mass is 10.4. The van der Waals surface area contributed by atoms with Crippen LogP contribution in [0.4, 0.5) is 0 Å². The highest BCUT2D eigenvalue weighted by molar-refractivity contribution is 5.68. The van der Waals surface area contributed by atoms with E-state index in [1.54, 1.807) is 0 Å². The van der Waals surface area contributed by atoms with Crippen molar-refractivity contribution in [1.29, 1.82) is 0 Å². The maximum Gasteiger partial charge on any atom is 0.317 e. The van der Waals surface area contributed by atoms with Crippen LogP contribution in [0.3, 0.4) is 0 Å². The molecule has 0 radical (unpaired) electrons. The summed E-state index contributed by atoms with van der Waals surface area (Å²) in [6.45, 7) is 5.56. The average Bonchev–Trinajstić information content (AvgIpc) is 2.09. The average molecular weight is 193 g/mol. The van der Waals surface area contributed by atoms with Crippen molar-refractivity contribution < 1.29 is 19.8 Å². The van der Waals surface area contributed by atoms with Gasteiger partial charge < -0.3 is 15.9 Å². The summed E-state index contributed by atoms with van der Waals surface area (Å²) in [5.41, 5.74) is 4.57. The van der Waals surface area contributed by atoms with Crippen LogP contribution in [-0.4, -0.2) is 28.7 Å². The predicted molar refractivity (Wildman–Crippen MR) is 50.6 cm³/mol. The van der Waals surface area contributed by atoms with E-state index in [2.05, 4.69) is 5.73 Å². The van der Waals surface area contributed by atoms with Gasteiger partial charge in [-0.3, -0.25) is 9.59 Å². The summed E-state index contributed by atoms with van der Waals surface area (Å²) in [6.07, 6.45) is 1.02. The van der Waals surface area contributed by atoms with Gasteiger partial charge in [0.05, 0.1) is 6.54 Å². The van der Waals surface area contributed by atoms with E-state index in [-0.39, 0.29) is 6.54 Å². The Labute approximate surface area is 78.6 Å². The number of hydrogen-bond acceptors (Lipinski definition) is 3. The standard InChI is InChI=1S/C4H8O2.C2H5NO2.C2H6/c1-2-3-4(5)6;3-1-2(4)5;1-2/h2-3H2,1H3,(H,5,6);1,3H2,(H,4,5);1-2H3. The van der Waals surface area contributed by atoms with Gasteiger partial charge in [0, 0.05) is 6.42 Å². The molecule has 0 aliphatic rings. The molecule has 0 aliphatic heterocycles. The summed E-state index contributed by atoms with van der Waals surface area (Å²) in [6, 6.07) is 0. The summed E-state index contributed by atoms with van der Waals surface area (Å²) >= 11 is 0. The highest BCUT2D eigenvalue weighted by atomic mass is 16.4. The SMILES string of the molecule is CC.CCCC(=O)O.NCC(=O)O. The number of hydrogen-bond donors (Lipinski definition) is 3. The second-order valence-electron chi connectivity index (χ2n) is 1.74. The van der Waals surface area contributed by atoms with E-state index >= 15 is 0 Å². The van der Waals surface area contributed by atoms with E-state index in [0.717, 1.165) is 6.42 Å². The fraction of sp³-hybridized carbons (Fsp3) is 0.750. The maximum atomic E-state index is 9.60. The van der Waals surface area contributed by atoms with Gasteiger partial charge in [0.15, 0.2) is 0 Å². The van der Waals surface area contributed by atoms with Crippen molar-refractivity contribution in [1.82, 2.24) is 0 Å². The van der Waals surface area contributed by atoms with Gasteiger partial charge in [-0.15, -0.1) is 0 Å². The van der Waals surface area contributed by atoms with Crippen molar-refractivity contribution in [2.75, 3.05) is 6.54 Å². The molecule has 0 aromatic heterocycles. The van der Waals surface area contributed by atoms with Gasteiger partial charge in [0.25, 0.3) is 0 Å². The van der Waals surface area contributed by atoms with Crippen molar-refractivity contribution >= 4 is 11.9 Å². The van der Waals surface area contributed by atoms with Crippen LogP contribution < -0.4 is 5.73 Å². The summed E-state index contributed by atoms with van der Waals surface area (Å²) in [7, 11) is 0. The molecule has 4 N–H and O–H groups in total. The zero-order chi connectivity index (χ0) is 11.3. The molecule has 0 spiro atoms. The van der Waals surface area contributed by atoms with E-state index in [1.165, 1.54) is 0 Å². The summed E-state index contributed by atoms with van der Waals surface area (Å²) < 4.78 is 0. The molecule has 0 amide bonds. The van der Waals surface area contributed by atoms with Crippen molar-refractivity contribution in [3.8, 4) is 0 Å². The van der Waals surface area contributed by atoms with Gasteiger partial charge >= 0.3 is 11.9 Å². The molecule has 0 aromatic carbocycles. The van der Waals surface area contributed by atoms with Crippen LogP contribution in [0.25, 0.3) is 0 Å². The topological polar surface area (TPSA) is 101 Å². The van der Waals surface area contributed by atoms with E-state index < -0.39 is 11.9 Å². The molecule has 0 unspecified atom stereocenters. The van der Waals surface area contributed by atoms with Crippen LogP contribution in [0.2, 0.25) is 0 Å². The Kier molecular flexibility index (Phi) is 23.5. The number of carbonyl (C=O) groups is 2. The Balaban J connectivity index is -0.000000131. The summed E-state index contributed by atoms with van der Waals surface area (Å²) in [5, 5.41) is 15.5. The summed E-state index contributed by atoms with van der Waals surface area (Å²) in [4.78, 5) is 18.8. The fourth-order valence-electron chi connectivity index (χ4n) is 0.214. The lowest BCUT2D eigenvalue weighted by Gasteiger charge is -1.79. The van der Waals surface area contributed by atoms with Gasteiger partial charge in [0.2, 0.25) is 0 Å². The highest BCUT2D eigenvalue weighted by Crippen LogP contribution is 1.82. The molecule has 0 bridgehead atoms. The minimum atomic E-state index is -0.968. The second-order valence-corrected chi connectivity index (χ2v) is 1.74. The van der Waals surface area contributed by atoms with Crippen molar-refractivity contribution in [2.45, 2.75) is 33.6 Å². The molecule has 0 saturated heterocycles. The third-order valence-corrected chi connectivity index (χ3v) is 0.638. The Morgan fingerprint density at radius 2 is 1.46 bits per heavy atom. The normalized spacial score (nSPS) is 7.08. The lowest BCUT2D eigenvalue weighted by molar-refractivity contribution is -0.137. The van der Waals surface area contributed by atoms with Gasteiger partial charge in [-0.1, -0.05) is 20.8 Å². The predicted octanol–water partition coefficient (Wildman–Crippen LogP) is 0.927. The third-order valence-electron chi connectivity index (χ3n) is 0.638. The molecule has 0 rings (SSSR count). The first-order valence-electron chi connectivity index (χ1n) is 4.18. The van der Waals surface area contributed by atoms with Crippen LogP contribution >= 0.6 is 0 Å². The largest absolute Gasteiger partial charge is 0.481 e. The molecule has 5 heteroatoms. The Morgan fingerprint density at radius 3 is 1.46 bits per heavy atom. The zero-order valence-corrected chi connectivity index (χ0v) is 8.41. The molecule has 0 aliphatic carbocycles. The number of carboxylic acids is 2. The monoisotopic (exact) mass is 193 g/mol. The molecule has 13 heavy (non-hydrogen) atoms. The first kappa shape index (κ1) is 17.8. The van der Waals surface area contributed by atoms with Crippen LogP contribution in [-0.2, 0) is 9.59 Å². The molecule has 0 aromatic rings. The van der Waals surface area contributed by atoms with E-state index in [9.17, 15) is 9.59 Å². The number of nitrogens with two attached hydrogens (primary N) is 1. The smallest absolute Gasteiger partial charge is 0.317 e. The molecular formula is C8H19NO4. The number of aliphatic carboxylic acids is 2. The first-order chi connectivity index (χ1) is 6.04. The Morgan fingerprint density at radius 1 is 1.15 bits per heavy atom. The Bertz CT molecular complexity index is 125. The minimum Gasteiger partial charge on any atom is -0.481 e. The van der Waals surface area contributed by atoms with Crippen LogP contribution in [0.5, 0.6) is 0 Å². The second kappa shape index (κ2) is 17.1. The van der Waals surface area contributed by atoms with Crippen LogP contribution in [0, 0.1) is 0 Å². The minimum absolute atomic E-state index is 0.278. The van der Waals surface area contributed by atoms with Crippen molar-refractivity contribution in [2.24, 2.45) is 5.73 Å². The number of carboxylic acid groups (broad SMARTS) is 2. The van der Waals surface area contributed by atoms with E-state index in [4.69, 9.17) is 10.2 Å². The third kappa shape index (κ3) is 56.8. The van der Waals surface area contributed by atoms with Gasteiger partial charge in [0.1, 0.15) is 0 Å². The molecule has 5 nitrogen and oxygen atoms in total. The lowest BCUT2D eigenvalue weighted by Crippen LogP contribution is -2.10. The van der Waals surface area contributed by atoms with Crippen LogP contribution in [0.15, 0.2) is 0 Å².